The maximum absolute atomic E-state index is 12.7. The number of hydrogen-bond donors (Lipinski definition) is 3. The Labute approximate surface area is 178 Å². The number of rotatable bonds is 6. The van der Waals surface area contributed by atoms with Crippen LogP contribution in [0.3, 0.4) is 0 Å². The van der Waals surface area contributed by atoms with E-state index in [1.54, 1.807) is 12.1 Å². The first kappa shape index (κ1) is 21.8. The van der Waals surface area contributed by atoms with Gasteiger partial charge in [0, 0.05) is 24.3 Å². The number of aliphatic hydroxyl groups is 1. The number of carbonyl (C=O) groups excluding carboxylic acids is 2. The summed E-state index contributed by atoms with van der Waals surface area (Å²) in [7, 11) is 0. The molecule has 0 radical (unpaired) electrons. The highest BCUT2D eigenvalue weighted by Gasteiger charge is 2.22. The number of nitrogens with zero attached hydrogens (tertiary/aromatic N) is 1. The van der Waals surface area contributed by atoms with Crippen LogP contribution in [-0.2, 0) is 6.42 Å². The fourth-order valence-corrected chi connectivity index (χ4v) is 3.73. The summed E-state index contributed by atoms with van der Waals surface area (Å²) in [4.78, 5) is 27.1. The molecular formula is C24H31N3O3. The molecule has 2 aromatic carbocycles. The largest absolute Gasteiger partial charge is 0.394 e. The van der Waals surface area contributed by atoms with Gasteiger partial charge in [0.15, 0.2) is 0 Å². The van der Waals surface area contributed by atoms with E-state index in [2.05, 4.69) is 17.6 Å². The summed E-state index contributed by atoms with van der Waals surface area (Å²) in [6.07, 6.45) is 2.63. The third-order valence-electron chi connectivity index (χ3n) is 5.67. The van der Waals surface area contributed by atoms with Gasteiger partial charge in [-0.15, -0.1) is 0 Å². The zero-order valence-corrected chi connectivity index (χ0v) is 17.7. The first-order valence-electron chi connectivity index (χ1n) is 10.6. The smallest absolute Gasteiger partial charge is 0.319 e. The second-order valence-electron chi connectivity index (χ2n) is 8.17. The Morgan fingerprint density at radius 1 is 1.13 bits per heavy atom. The first-order valence-corrected chi connectivity index (χ1v) is 10.6. The molecule has 6 nitrogen and oxygen atoms in total. The highest BCUT2D eigenvalue weighted by Crippen LogP contribution is 2.21. The van der Waals surface area contributed by atoms with E-state index < -0.39 is 0 Å². The van der Waals surface area contributed by atoms with Gasteiger partial charge in [0.2, 0.25) is 0 Å². The number of urea groups is 1. The molecule has 2 aromatic rings. The van der Waals surface area contributed by atoms with Gasteiger partial charge in [-0.2, -0.15) is 0 Å². The van der Waals surface area contributed by atoms with Crippen molar-refractivity contribution in [2.75, 3.05) is 25.0 Å². The first-order chi connectivity index (χ1) is 14.5. The van der Waals surface area contributed by atoms with Crippen molar-refractivity contribution < 1.29 is 14.7 Å². The highest BCUT2D eigenvalue weighted by molar-refractivity contribution is 5.96. The average molecular weight is 410 g/mol. The van der Waals surface area contributed by atoms with E-state index in [0.29, 0.717) is 23.6 Å². The lowest BCUT2D eigenvalue weighted by Crippen LogP contribution is -2.41. The quantitative estimate of drug-likeness (QED) is 0.682. The average Bonchev–Trinajstić information content (AvgIpc) is 2.75. The molecule has 160 valence electrons. The van der Waals surface area contributed by atoms with Crippen LogP contribution in [0.2, 0.25) is 0 Å². The van der Waals surface area contributed by atoms with E-state index in [-0.39, 0.29) is 24.6 Å². The van der Waals surface area contributed by atoms with Gasteiger partial charge in [0.05, 0.1) is 12.6 Å². The molecule has 1 unspecified atom stereocenters. The summed E-state index contributed by atoms with van der Waals surface area (Å²) in [5.41, 5.74) is 3.16. The van der Waals surface area contributed by atoms with Crippen LogP contribution in [0.25, 0.3) is 0 Å². The van der Waals surface area contributed by atoms with Crippen molar-refractivity contribution in [1.82, 2.24) is 10.2 Å². The minimum absolute atomic E-state index is 0.0456. The van der Waals surface area contributed by atoms with Crippen LogP contribution in [0, 0.1) is 12.8 Å². The van der Waals surface area contributed by atoms with Crippen molar-refractivity contribution in [3.8, 4) is 0 Å². The summed E-state index contributed by atoms with van der Waals surface area (Å²) in [5, 5.41) is 15.2. The zero-order chi connectivity index (χ0) is 21.5. The highest BCUT2D eigenvalue weighted by atomic mass is 16.3. The molecule has 0 aromatic heterocycles. The Hall–Kier alpha value is -2.86. The summed E-state index contributed by atoms with van der Waals surface area (Å²) >= 11 is 0. The number of nitrogens with one attached hydrogen (secondary N) is 2. The van der Waals surface area contributed by atoms with Crippen LogP contribution < -0.4 is 10.6 Å². The predicted octanol–water partition coefficient (Wildman–Crippen LogP) is 3.59. The molecule has 0 aliphatic carbocycles. The Kier molecular flexibility index (Phi) is 7.46. The molecule has 1 fully saturated rings. The molecule has 1 saturated heterocycles. The molecule has 0 spiro atoms. The van der Waals surface area contributed by atoms with E-state index in [4.69, 9.17) is 0 Å². The molecule has 3 N–H and O–H groups in total. The second-order valence-corrected chi connectivity index (χ2v) is 8.17. The number of likely N-dealkylation sites (tertiary alicyclic amines) is 1. The maximum atomic E-state index is 12.7. The minimum Gasteiger partial charge on any atom is -0.394 e. The van der Waals surface area contributed by atoms with Crippen molar-refractivity contribution in [3.63, 3.8) is 0 Å². The van der Waals surface area contributed by atoms with Gasteiger partial charge in [-0.1, -0.05) is 37.3 Å². The monoisotopic (exact) mass is 409 g/mol. The van der Waals surface area contributed by atoms with E-state index in [0.717, 1.165) is 37.1 Å². The molecule has 30 heavy (non-hydrogen) atoms. The van der Waals surface area contributed by atoms with E-state index in [1.165, 1.54) is 0 Å². The van der Waals surface area contributed by atoms with E-state index >= 15 is 0 Å². The molecule has 1 aliphatic rings. The number of piperidine rings is 1. The fourth-order valence-electron chi connectivity index (χ4n) is 3.73. The number of aliphatic hydroxyl groups excluding tert-OH is 1. The fraction of sp³-hybridized carbons (Fsp3) is 0.417. The molecule has 0 saturated carbocycles. The topological polar surface area (TPSA) is 81.7 Å². The summed E-state index contributed by atoms with van der Waals surface area (Å²) < 4.78 is 0. The SMILES string of the molecule is Cc1cc(C(=O)N2CCC(C)CC2)ccc1NC(=O)NC(CO)Cc1ccccc1. The Balaban J connectivity index is 1.58. The summed E-state index contributed by atoms with van der Waals surface area (Å²) in [5.74, 6) is 0.717. The second kappa shape index (κ2) is 10.3. The third-order valence-corrected chi connectivity index (χ3v) is 5.67. The summed E-state index contributed by atoms with van der Waals surface area (Å²) in [6, 6.07) is 14.3. The van der Waals surface area contributed by atoms with Crippen molar-refractivity contribution in [2.24, 2.45) is 5.92 Å². The molecule has 1 atom stereocenters. The molecular weight excluding hydrogens is 378 g/mol. The Morgan fingerprint density at radius 3 is 2.47 bits per heavy atom. The van der Waals surface area contributed by atoms with Crippen molar-refractivity contribution in [2.45, 2.75) is 39.2 Å². The molecule has 1 aliphatic heterocycles. The molecule has 0 bridgehead atoms. The van der Waals surface area contributed by atoms with Crippen molar-refractivity contribution >= 4 is 17.6 Å². The lowest BCUT2D eigenvalue weighted by atomic mass is 9.98. The van der Waals surface area contributed by atoms with Gasteiger partial charge in [-0.25, -0.2) is 4.79 Å². The van der Waals surface area contributed by atoms with Gasteiger partial charge >= 0.3 is 6.03 Å². The molecule has 3 amide bonds. The molecule has 3 rings (SSSR count). The van der Waals surface area contributed by atoms with Gasteiger partial charge in [0.25, 0.3) is 5.91 Å². The van der Waals surface area contributed by atoms with Crippen LogP contribution in [0.4, 0.5) is 10.5 Å². The Bertz CT molecular complexity index is 861. The zero-order valence-electron chi connectivity index (χ0n) is 17.7. The molecule has 6 heteroatoms. The normalized spacial score (nSPS) is 15.5. The van der Waals surface area contributed by atoms with Gasteiger partial charge in [-0.05, 0) is 61.4 Å². The number of anilines is 1. The van der Waals surface area contributed by atoms with Gasteiger partial charge in [0.1, 0.15) is 0 Å². The van der Waals surface area contributed by atoms with Crippen LogP contribution in [0.5, 0.6) is 0 Å². The van der Waals surface area contributed by atoms with Crippen LogP contribution >= 0.6 is 0 Å². The number of hydrogen-bond acceptors (Lipinski definition) is 3. The minimum atomic E-state index is -0.380. The number of benzene rings is 2. The standard InChI is InChI=1S/C24H31N3O3/c1-17-10-12-27(13-11-17)23(29)20-8-9-22(18(2)14-20)26-24(30)25-21(16-28)15-19-6-4-3-5-7-19/h3-9,14,17,21,28H,10-13,15-16H2,1-2H3,(H2,25,26,30). The van der Waals surface area contributed by atoms with Crippen LogP contribution in [0.15, 0.2) is 48.5 Å². The number of aryl methyl sites for hydroxylation is 1. The number of carbonyl (C=O) groups is 2. The number of amides is 3. The Morgan fingerprint density at radius 2 is 1.83 bits per heavy atom. The van der Waals surface area contributed by atoms with Crippen molar-refractivity contribution in [3.05, 3.63) is 65.2 Å². The molecule has 1 heterocycles. The van der Waals surface area contributed by atoms with Crippen molar-refractivity contribution in [1.29, 1.82) is 0 Å². The van der Waals surface area contributed by atoms with Gasteiger partial charge < -0.3 is 20.6 Å². The lowest BCUT2D eigenvalue weighted by molar-refractivity contribution is 0.0697. The predicted molar refractivity (Wildman–Crippen MR) is 119 cm³/mol. The van der Waals surface area contributed by atoms with E-state index in [9.17, 15) is 14.7 Å². The lowest BCUT2D eigenvalue weighted by Gasteiger charge is -2.30. The summed E-state index contributed by atoms with van der Waals surface area (Å²) in [6.45, 7) is 5.54. The van der Waals surface area contributed by atoms with Crippen LogP contribution in [0.1, 0.15) is 41.3 Å². The van der Waals surface area contributed by atoms with Gasteiger partial charge in [-0.3, -0.25) is 4.79 Å². The third kappa shape index (κ3) is 5.83. The van der Waals surface area contributed by atoms with Crippen LogP contribution in [-0.4, -0.2) is 47.7 Å². The maximum Gasteiger partial charge on any atom is 0.319 e. The van der Waals surface area contributed by atoms with E-state index in [1.807, 2.05) is 48.2 Å².